The molecule has 100 valence electrons. The van der Waals surface area contributed by atoms with E-state index in [0.29, 0.717) is 0 Å². The molecule has 5 nitrogen and oxygen atoms in total. The molecule has 1 N–H and O–H groups in total. The summed E-state index contributed by atoms with van der Waals surface area (Å²) in [5.74, 6) is -0.0825. The number of amides is 1. The fraction of sp³-hybridized carbons (Fsp3) is 0.308. The molecule has 0 aliphatic heterocycles. The average molecular weight is 323 g/mol. The third-order valence-corrected chi connectivity index (χ3v) is 3.47. The summed E-state index contributed by atoms with van der Waals surface area (Å²) in [7, 11) is 0. The van der Waals surface area contributed by atoms with Gasteiger partial charge in [0.05, 0.1) is 6.04 Å². The van der Waals surface area contributed by atoms with Crippen LogP contribution in [0.4, 0.5) is 0 Å². The predicted molar refractivity (Wildman–Crippen MR) is 75.4 cm³/mol. The smallest absolute Gasteiger partial charge is 0.245 e. The molecule has 0 spiro atoms. The molecule has 1 amide bonds. The van der Waals surface area contributed by atoms with Gasteiger partial charge >= 0.3 is 0 Å². The van der Waals surface area contributed by atoms with Gasteiger partial charge in [0.25, 0.3) is 0 Å². The van der Waals surface area contributed by atoms with Crippen LogP contribution in [0.15, 0.2) is 41.4 Å². The van der Waals surface area contributed by atoms with E-state index in [2.05, 4.69) is 31.3 Å². The zero-order valence-electron chi connectivity index (χ0n) is 10.7. The lowest BCUT2D eigenvalue weighted by Gasteiger charge is -2.18. The number of rotatable bonds is 4. The fourth-order valence-electron chi connectivity index (χ4n) is 1.71. The number of halogens is 1. The van der Waals surface area contributed by atoms with Gasteiger partial charge in [-0.15, -0.1) is 0 Å². The summed E-state index contributed by atoms with van der Waals surface area (Å²) < 4.78 is 2.55. The van der Waals surface area contributed by atoms with E-state index in [1.807, 2.05) is 31.2 Å². The Balaban J connectivity index is 2.00. The van der Waals surface area contributed by atoms with Crippen LogP contribution in [0.1, 0.15) is 31.5 Å². The summed E-state index contributed by atoms with van der Waals surface area (Å²) >= 11 is 3.39. The number of nitrogens with zero attached hydrogens (tertiary/aromatic N) is 3. The summed E-state index contributed by atoms with van der Waals surface area (Å²) in [5.41, 5.74) is 1.06. The molecule has 1 heterocycles. The van der Waals surface area contributed by atoms with Crippen molar-refractivity contribution < 1.29 is 4.79 Å². The van der Waals surface area contributed by atoms with Crippen LogP contribution in [-0.4, -0.2) is 20.7 Å². The van der Waals surface area contributed by atoms with Gasteiger partial charge in [-0.05, 0) is 31.5 Å². The standard InChI is InChI=1S/C13H15BrN4O/c1-9(11-3-5-12(14)6-4-11)17-13(19)10(2)18-8-15-7-16-18/h3-10H,1-2H3,(H,17,19). The van der Waals surface area contributed by atoms with Crippen molar-refractivity contribution in [2.45, 2.75) is 25.9 Å². The highest BCUT2D eigenvalue weighted by atomic mass is 79.9. The Labute approximate surface area is 120 Å². The number of hydrogen-bond acceptors (Lipinski definition) is 3. The van der Waals surface area contributed by atoms with Crippen molar-refractivity contribution in [3.05, 3.63) is 47.0 Å². The minimum Gasteiger partial charge on any atom is -0.348 e. The Morgan fingerprint density at radius 1 is 1.32 bits per heavy atom. The summed E-state index contributed by atoms with van der Waals surface area (Å²) in [4.78, 5) is 15.9. The van der Waals surface area contributed by atoms with Gasteiger partial charge in [-0.2, -0.15) is 5.10 Å². The first-order valence-electron chi connectivity index (χ1n) is 5.98. The van der Waals surface area contributed by atoms with E-state index in [4.69, 9.17) is 0 Å². The molecule has 0 aliphatic rings. The lowest BCUT2D eigenvalue weighted by molar-refractivity contribution is -0.124. The molecule has 2 unspecified atom stereocenters. The van der Waals surface area contributed by atoms with E-state index < -0.39 is 0 Å². The summed E-state index contributed by atoms with van der Waals surface area (Å²) in [6.45, 7) is 3.74. The first-order chi connectivity index (χ1) is 9.08. The molecule has 1 aromatic heterocycles. The van der Waals surface area contributed by atoms with Crippen LogP contribution in [0.3, 0.4) is 0 Å². The summed E-state index contributed by atoms with van der Waals surface area (Å²) in [6.07, 6.45) is 2.95. The predicted octanol–water partition coefficient (Wildman–Crippen LogP) is 2.48. The molecule has 0 saturated carbocycles. The quantitative estimate of drug-likeness (QED) is 0.940. The van der Waals surface area contributed by atoms with E-state index in [1.54, 1.807) is 6.92 Å². The lowest BCUT2D eigenvalue weighted by Crippen LogP contribution is -2.33. The van der Waals surface area contributed by atoms with Gasteiger partial charge in [0.2, 0.25) is 5.91 Å². The van der Waals surface area contributed by atoms with Crippen LogP contribution < -0.4 is 5.32 Å². The van der Waals surface area contributed by atoms with Gasteiger partial charge < -0.3 is 5.32 Å². The summed E-state index contributed by atoms with van der Waals surface area (Å²) in [5, 5.41) is 6.93. The average Bonchev–Trinajstić information content (AvgIpc) is 2.92. The lowest BCUT2D eigenvalue weighted by atomic mass is 10.1. The Morgan fingerprint density at radius 2 is 2.00 bits per heavy atom. The maximum atomic E-state index is 12.1. The molecule has 1 aromatic carbocycles. The second-order valence-corrected chi connectivity index (χ2v) is 5.25. The van der Waals surface area contributed by atoms with Crippen LogP contribution in [0.5, 0.6) is 0 Å². The second kappa shape index (κ2) is 5.97. The number of aromatic nitrogens is 3. The van der Waals surface area contributed by atoms with Crippen molar-refractivity contribution in [2.24, 2.45) is 0 Å². The monoisotopic (exact) mass is 322 g/mol. The van der Waals surface area contributed by atoms with Crippen molar-refractivity contribution in [3.63, 3.8) is 0 Å². The number of carbonyl (C=O) groups excluding carboxylic acids is 1. The van der Waals surface area contributed by atoms with E-state index >= 15 is 0 Å². The van der Waals surface area contributed by atoms with Crippen molar-refractivity contribution >= 4 is 21.8 Å². The van der Waals surface area contributed by atoms with Crippen LogP contribution in [-0.2, 0) is 4.79 Å². The van der Waals surface area contributed by atoms with Crippen LogP contribution >= 0.6 is 15.9 Å². The molecular formula is C13H15BrN4O. The van der Waals surface area contributed by atoms with E-state index in [-0.39, 0.29) is 18.0 Å². The van der Waals surface area contributed by atoms with Gasteiger partial charge in [-0.1, -0.05) is 28.1 Å². The molecule has 0 fully saturated rings. The largest absolute Gasteiger partial charge is 0.348 e. The highest BCUT2D eigenvalue weighted by Gasteiger charge is 2.17. The van der Waals surface area contributed by atoms with Gasteiger partial charge in [0.15, 0.2) is 0 Å². The topological polar surface area (TPSA) is 59.8 Å². The van der Waals surface area contributed by atoms with E-state index in [9.17, 15) is 4.79 Å². The third-order valence-electron chi connectivity index (χ3n) is 2.94. The zero-order valence-corrected chi connectivity index (χ0v) is 12.3. The molecule has 0 bridgehead atoms. The van der Waals surface area contributed by atoms with Gasteiger partial charge in [0, 0.05) is 4.47 Å². The van der Waals surface area contributed by atoms with Crippen LogP contribution in [0, 0.1) is 0 Å². The highest BCUT2D eigenvalue weighted by molar-refractivity contribution is 9.10. The maximum absolute atomic E-state index is 12.1. The third kappa shape index (κ3) is 3.41. The number of nitrogens with one attached hydrogen (secondary N) is 1. The van der Waals surface area contributed by atoms with Crippen molar-refractivity contribution in [1.82, 2.24) is 20.1 Å². The van der Waals surface area contributed by atoms with Gasteiger partial charge in [0.1, 0.15) is 18.7 Å². The first-order valence-corrected chi connectivity index (χ1v) is 6.77. The highest BCUT2D eigenvalue weighted by Crippen LogP contribution is 2.17. The first kappa shape index (κ1) is 13.7. The molecule has 0 aliphatic carbocycles. The Hall–Kier alpha value is -1.69. The Bertz CT molecular complexity index is 538. The van der Waals surface area contributed by atoms with Crippen molar-refractivity contribution in [2.75, 3.05) is 0 Å². The van der Waals surface area contributed by atoms with Crippen molar-refractivity contribution in [3.8, 4) is 0 Å². The van der Waals surface area contributed by atoms with Gasteiger partial charge in [-0.3, -0.25) is 4.79 Å². The SMILES string of the molecule is CC(NC(=O)C(C)n1cncn1)c1ccc(Br)cc1. The Morgan fingerprint density at radius 3 is 2.58 bits per heavy atom. The van der Waals surface area contributed by atoms with E-state index in [1.165, 1.54) is 17.3 Å². The number of carbonyl (C=O) groups is 1. The van der Waals surface area contributed by atoms with E-state index in [0.717, 1.165) is 10.0 Å². The van der Waals surface area contributed by atoms with Gasteiger partial charge in [-0.25, -0.2) is 9.67 Å². The Kier molecular flexibility index (Phi) is 4.31. The molecule has 6 heteroatoms. The van der Waals surface area contributed by atoms with Crippen molar-refractivity contribution in [1.29, 1.82) is 0 Å². The molecule has 0 radical (unpaired) electrons. The second-order valence-electron chi connectivity index (χ2n) is 4.33. The zero-order chi connectivity index (χ0) is 13.8. The normalized spacial score (nSPS) is 13.8. The molecular weight excluding hydrogens is 308 g/mol. The molecule has 0 saturated heterocycles. The molecule has 2 rings (SSSR count). The minimum atomic E-state index is -0.375. The van der Waals surface area contributed by atoms with Crippen LogP contribution in [0.25, 0.3) is 0 Å². The fourth-order valence-corrected chi connectivity index (χ4v) is 1.97. The molecule has 2 aromatic rings. The molecule has 2 atom stereocenters. The maximum Gasteiger partial charge on any atom is 0.245 e. The molecule has 19 heavy (non-hydrogen) atoms. The number of benzene rings is 1. The number of hydrogen-bond donors (Lipinski definition) is 1. The minimum absolute atomic E-state index is 0.0495. The summed E-state index contributed by atoms with van der Waals surface area (Å²) in [6, 6.07) is 7.45. The van der Waals surface area contributed by atoms with Crippen LogP contribution in [0.2, 0.25) is 0 Å².